The summed E-state index contributed by atoms with van der Waals surface area (Å²) in [6, 6.07) is 1.72. The fraction of sp³-hybridized carbons (Fsp3) is 0.357. The zero-order valence-corrected chi connectivity index (χ0v) is 13.4. The molecule has 4 nitrogen and oxygen atoms in total. The molecule has 114 valence electrons. The maximum Gasteiger partial charge on any atom is 0.131 e. The van der Waals surface area contributed by atoms with Crippen molar-refractivity contribution in [3.8, 4) is 0 Å². The molecule has 0 fully saturated rings. The number of hydrazine groups is 1. The molecule has 21 heavy (non-hydrogen) atoms. The van der Waals surface area contributed by atoms with Gasteiger partial charge in [0.2, 0.25) is 0 Å². The van der Waals surface area contributed by atoms with Crippen LogP contribution in [-0.4, -0.2) is 9.78 Å². The summed E-state index contributed by atoms with van der Waals surface area (Å²) in [7, 11) is 0. The van der Waals surface area contributed by atoms with Crippen LogP contribution in [0.1, 0.15) is 36.2 Å². The molecule has 2 aromatic rings. The maximum absolute atomic E-state index is 14.1. The molecule has 1 unspecified atom stereocenters. The second-order valence-electron chi connectivity index (χ2n) is 4.82. The minimum atomic E-state index is -0.641. The van der Waals surface area contributed by atoms with Gasteiger partial charge in [-0.2, -0.15) is 5.10 Å². The number of nitrogens with two attached hydrogens (primary N) is 1. The molecule has 0 saturated carbocycles. The van der Waals surface area contributed by atoms with E-state index in [1.807, 2.05) is 6.92 Å². The van der Waals surface area contributed by atoms with Crippen LogP contribution in [0.4, 0.5) is 8.78 Å². The van der Waals surface area contributed by atoms with E-state index in [1.165, 1.54) is 6.07 Å². The Bertz CT molecular complexity index is 642. The number of aromatic nitrogens is 2. The molecule has 0 aliphatic heterocycles. The number of aryl methyl sites for hydroxylation is 2. The largest absolute Gasteiger partial charge is 0.271 e. The summed E-state index contributed by atoms with van der Waals surface area (Å²) in [5.74, 6) is 4.40. The first-order valence-corrected chi connectivity index (χ1v) is 7.41. The highest BCUT2D eigenvalue weighted by molar-refractivity contribution is 9.10. The zero-order chi connectivity index (χ0) is 15.6. The van der Waals surface area contributed by atoms with Crippen molar-refractivity contribution in [2.24, 2.45) is 5.84 Å². The Morgan fingerprint density at radius 3 is 2.71 bits per heavy atom. The monoisotopic (exact) mass is 358 g/mol. The van der Waals surface area contributed by atoms with Gasteiger partial charge in [0.15, 0.2) is 0 Å². The first-order valence-electron chi connectivity index (χ1n) is 6.62. The standard InChI is InChI=1S/C14H17BrF2N4/c1-3-4-21-14(10(15)7-19-21)13(20-18)9-5-8(2)11(16)6-12(9)17/h5-7,13,20H,3-4,18H2,1-2H3. The van der Waals surface area contributed by atoms with E-state index >= 15 is 0 Å². The van der Waals surface area contributed by atoms with Crippen LogP contribution in [0.25, 0.3) is 0 Å². The number of nitrogens with one attached hydrogen (secondary N) is 1. The molecule has 3 N–H and O–H groups in total. The molecule has 0 aliphatic rings. The van der Waals surface area contributed by atoms with Gasteiger partial charge in [0, 0.05) is 18.2 Å². The quantitative estimate of drug-likeness (QED) is 0.637. The number of rotatable bonds is 5. The van der Waals surface area contributed by atoms with Gasteiger partial charge in [0.05, 0.1) is 22.4 Å². The first-order chi connectivity index (χ1) is 9.99. The van der Waals surface area contributed by atoms with Gasteiger partial charge < -0.3 is 0 Å². The van der Waals surface area contributed by atoms with Gasteiger partial charge in [-0.05, 0) is 40.9 Å². The molecule has 7 heteroatoms. The Morgan fingerprint density at radius 1 is 1.38 bits per heavy atom. The molecule has 0 amide bonds. The Kier molecular flexibility index (Phi) is 5.08. The number of hydrogen-bond donors (Lipinski definition) is 2. The third kappa shape index (κ3) is 3.14. The van der Waals surface area contributed by atoms with E-state index in [1.54, 1.807) is 17.8 Å². The highest BCUT2D eigenvalue weighted by Gasteiger charge is 2.24. The van der Waals surface area contributed by atoms with Crippen LogP contribution in [0.5, 0.6) is 0 Å². The van der Waals surface area contributed by atoms with Gasteiger partial charge in [0.25, 0.3) is 0 Å². The Labute approximate surface area is 130 Å². The maximum atomic E-state index is 14.1. The number of nitrogens with zero attached hydrogens (tertiary/aromatic N) is 2. The molecule has 0 spiro atoms. The topological polar surface area (TPSA) is 55.9 Å². The molecule has 0 bridgehead atoms. The number of hydrogen-bond acceptors (Lipinski definition) is 3. The van der Waals surface area contributed by atoms with Crippen molar-refractivity contribution in [1.29, 1.82) is 0 Å². The molecule has 1 aromatic carbocycles. The highest BCUT2D eigenvalue weighted by Crippen LogP contribution is 2.30. The Morgan fingerprint density at radius 2 is 2.10 bits per heavy atom. The van der Waals surface area contributed by atoms with Crippen LogP contribution in [-0.2, 0) is 6.54 Å². The summed E-state index contributed by atoms with van der Waals surface area (Å²) < 4.78 is 30.0. The lowest BCUT2D eigenvalue weighted by atomic mass is 10.0. The van der Waals surface area contributed by atoms with Crippen molar-refractivity contribution in [3.63, 3.8) is 0 Å². The molecular formula is C14H17BrF2N4. The summed E-state index contributed by atoms with van der Waals surface area (Å²) >= 11 is 3.41. The van der Waals surface area contributed by atoms with Crippen LogP contribution < -0.4 is 11.3 Å². The average molecular weight is 359 g/mol. The second kappa shape index (κ2) is 6.64. The molecule has 0 radical (unpaired) electrons. The summed E-state index contributed by atoms with van der Waals surface area (Å²) in [5, 5.41) is 4.25. The van der Waals surface area contributed by atoms with E-state index in [-0.39, 0.29) is 5.56 Å². The Hall–Kier alpha value is -1.31. The molecule has 2 rings (SSSR count). The van der Waals surface area contributed by atoms with Crippen molar-refractivity contribution < 1.29 is 8.78 Å². The zero-order valence-electron chi connectivity index (χ0n) is 11.8. The normalized spacial score (nSPS) is 12.7. The van der Waals surface area contributed by atoms with Crippen molar-refractivity contribution in [3.05, 3.63) is 51.3 Å². The van der Waals surface area contributed by atoms with Gasteiger partial charge >= 0.3 is 0 Å². The van der Waals surface area contributed by atoms with E-state index in [0.29, 0.717) is 17.8 Å². The first kappa shape index (κ1) is 16.1. The predicted octanol–water partition coefficient (Wildman–Crippen LogP) is 3.19. The predicted molar refractivity (Wildman–Crippen MR) is 80.5 cm³/mol. The third-order valence-corrected chi connectivity index (χ3v) is 3.91. The Balaban J connectivity index is 2.55. The van der Waals surface area contributed by atoms with Gasteiger partial charge in [0.1, 0.15) is 11.6 Å². The van der Waals surface area contributed by atoms with Gasteiger partial charge in [-0.15, -0.1) is 0 Å². The van der Waals surface area contributed by atoms with Crippen LogP contribution in [0, 0.1) is 18.6 Å². The van der Waals surface area contributed by atoms with Crippen LogP contribution in [0.3, 0.4) is 0 Å². The lowest BCUT2D eigenvalue weighted by molar-refractivity contribution is 0.495. The minimum Gasteiger partial charge on any atom is -0.271 e. The smallest absolute Gasteiger partial charge is 0.131 e. The summed E-state index contributed by atoms with van der Waals surface area (Å²) in [6.07, 6.45) is 2.52. The van der Waals surface area contributed by atoms with Gasteiger partial charge in [-0.3, -0.25) is 10.5 Å². The molecule has 0 aliphatic carbocycles. The molecule has 1 atom stereocenters. The van der Waals surface area contributed by atoms with Crippen molar-refractivity contribution in [2.45, 2.75) is 32.9 Å². The highest BCUT2D eigenvalue weighted by atomic mass is 79.9. The molecule has 0 saturated heterocycles. The molecule has 1 heterocycles. The van der Waals surface area contributed by atoms with Crippen molar-refractivity contribution in [1.82, 2.24) is 15.2 Å². The SMILES string of the molecule is CCCn1ncc(Br)c1C(NN)c1cc(C)c(F)cc1F. The van der Waals surface area contributed by atoms with Gasteiger partial charge in [-0.25, -0.2) is 14.2 Å². The van der Waals surface area contributed by atoms with Crippen LogP contribution >= 0.6 is 15.9 Å². The van der Waals surface area contributed by atoms with E-state index in [0.717, 1.165) is 17.0 Å². The summed E-state index contributed by atoms with van der Waals surface area (Å²) in [6.45, 7) is 4.29. The van der Waals surface area contributed by atoms with E-state index in [9.17, 15) is 8.78 Å². The fourth-order valence-electron chi connectivity index (χ4n) is 2.27. The lowest BCUT2D eigenvalue weighted by Crippen LogP contribution is -2.32. The van der Waals surface area contributed by atoms with Crippen molar-refractivity contribution >= 4 is 15.9 Å². The van der Waals surface area contributed by atoms with Crippen LogP contribution in [0.15, 0.2) is 22.8 Å². The minimum absolute atomic E-state index is 0.287. The van der Waals surface area contributed by atoms with E-state index < -0.39 is 17.7 Å². The van der Waals surface area contributed by atoms with E-state index in [2.05, 4.69) is 26.5 Å². The average Bonchev–Trinajstić information content (AvgIpc) is 2.79. The van der Waals surface area contributed by atoms with Crippen molar-refractivity contribution in [2.75, 3.05) is 0 Å². The van der Waals surface area contributed by atoms with Crippen LogP contribution in [0.2, 0.25) is 0 Å². The molecule has 1 aromatic heterocycles. The summed E-state index contributed by atoms with van der Waals surface area (Å²) in [5.41, 5.74) is 3.96. The summed E-state index contributed by atoms with van der Waals surface area (Å²) in [4.78, 5) is 0. The number of halogens is 3. The fourth-order valence-corrected chi connectivity index (χ4v) is 2.79. The lowest BCUT2D eigenvalue weighted by Gasteiger charge is -2.20. The number of benzene rings is 1. The van der Waals surface area contributed by atoms with E-state index in [4.69, 9.17) is 5.84 Å². The third-order valence-electron chi connectivity index (χ3n) is 3.30. The second-order valence-corrected chi connectivity index (χ2v) is 5.68. The van der Waals surface area contributed by atoms with Gasteiger partial charge in [-0.1, -0.05) is 6.92 Å². The molecular weight excluding hydrogens is 342 g/mol.